The zero-order chi connectivity index (χ0) is 13.1. The molecule has 100 valence electrons. The molecule has 0 spiro atoms. The molecule has 2 rings (SSSR count). The van der Waals surface area contributed by atoms with Gasteiger partial charge in [-0.2, -0.15) is 0 Å². The highest BCUT2D eigenvalue weighted by Gasteiger charge is 2.22. The van der Waals surface area contributed by atoms with Crippen molar-refractivity contribution in [1.29, 1.82) is 0 Å². The van der Waals surface area contributed by atoms with E-state index < -0.39 is 0 Å². The highest BCUT2D eigenvalue weighted by Crippen LogP contribution is 2.32. The molecule has 1 aromatic rings. The summed E-state index contributed by atoms with van der Waals surface area (Å²) in [6.07, 6.45) is 2.03. The highest BCUT2D eigenvalue weighted by molar-refractivity contribution is 9.10. The van der Waals surface area contributed by atoms with E-state index in [1.165, 1.54) is 0 Å². The second-order valence-electron chi connectivity index (χ2n) is 4.92. The number of nitrogens with one attached hydrogen (secondary N) is 1. The number of hydrogen-bond donors (Lipinski definition) is 1. The average molecular weight is 314 g/mol. The van der Waals surface area contributed by atoms with Gasteiger partial charge in [0.25, 0.3) is 0 Å². The first-order valence-electron chi connectivity index (χ1n) is 6.46. The molecule has 1 N–H and O–H groups in total. The first-order chi connectivity index (χ1) is 8.63. The Hall–Kier alpha value is -0.680. The first kappa shape index (κ1) is 13.7. The monoisotopic (exact) mass is 313 g/mol. The van der Waals surface area contributed by atoms with Gasteiger partial charge in [-0.25, -0.2) is 9.97 Å². The van der Waals surface area contributed by atoms with Gasteiger partial charge in [-0.1, -0.05) is 13.8 Å². The Morgan fingerprint density at radius 2 is 1.94 bits per heavy atom. The lowest BCUT2D eigenvalue weighted by atomic mass is 9.99. The second-order valence-corrected chi connectivity index (χ2v) is 5.71. The van der Waals surface area contributed by atoms with E-state index in [-0.39, 0.29) is 0 Å². The van der Waals surface area contributed by atoms with Crippen LogP contribution in [-0.2, 0) is 4.74 Å². The standard InChI is InChI=1S/C13H20BrN3O/c1-8(2)11-10(14)13(15-3)17-12(16-11)9-4-6-18-7-5-9/h8-9H,4-7H2,1-3H3,(H,15,16,17). The van der Waals surface area contributed by atoms with Gasteiger partial charge in [-0.3, -0.25) is 0 Å². The molecule has 0 atom stereocenters. The van der Waals surface area contributed by atoms with Gasteiger partial charge in [0.05, 0.1) is 10.2 Å². The van der Waals surface area contributed by atoms with Gasteiger partial charge in [-0.05, 0) is 34.7 Å². The molecule has 1 aliphatic rings. The Morgan fingerprint density at radius 1 is 1.28 bits per heavy atom. The maximum atomic E-state index is 5.40. The lowest BCUT2D eigenvalue weighted by molar-refractivity contribution is 0.0835. The molecule has 1 saturated heterocycles. The van der Waals surface area contributed by atoms with Gasteiger partial charge in [0.15, 0.2) is 0 Å². The third-order valence-corrected chi connectivity index (χ3v) is 4.05. The lowest BCUT2D eigenvalue weighted by Crippen LogP contribution is -2.18. The molecule has 0 bridgehead atoms. The van der Waals surface area contributed by atoms with E-state index in [9.17, 15) is 0 Å². The Balaban J connectivity index is 2.37. The van der Waals surface area contributed by atoms with E-state index in [0.29, 0.717) is 11.8 Å². The Morgan fingerprint density at radius 3 is 2.50 bits per heavy atom. The number of aromatic nitrogens is 2. The van der Waals surface area contributed by atoms with Crippen LogP contribution < -0.4 is 5.32 Å². The van der Waals surface area contributed by atoms with Crippen LogP contribution in [0.25, 0.3) is 0 Å². The molecular formula is C13H20BrN3O. The minimum absolute atomic E-state index is 0.382. The van der Waals surface area contributed by atoms with Gasteiger partial charge in [-0.15, -0.1) is 0 Å². The average Bonchev–Trinajstić information content (AvgIpc) is 2.39. The third-order valence-electron chi connectivity index (χ3n) is 3.26. The van der Waals surface area contributed by atoms with E-state index in [0.717, 1.165) is 47.9 Å². The molecule has 1 aromatic heterocycles. The van der Waals surface area contributed by atoms with Gasteiger partial charge >= 0.3 is 0 Å². The summed E-state index contributed by atoms with van der Waals surface area (Å²) >= 11 is 3.59. The van der Waals surface area contributed by atoms with Crippen molar-refractivity contribution in [2.75, 3.05) is 25.6 Å². The van der Waals surface area contributed by atoms with Crippen molar-refractivity contribution in [1.82, 2.24) is 9.97 Å². The fourth-order valence-corrected chi connectivity index (χ4v) is 3.00. The smallest absolute Gasteiger partial charge is 0.144 e. The summed E-state index contributed by atoms with van der Waals surface area (Å²) < 4.78 is 6.38. The number of rotatable bonds is 3. The van der Waals surface area contributed by atoms with E-state index in [2.05, 4.69) is 40.1 Å². The molecule has 18 heavy (non-hydrogen) atoms. The maximum Gasteiger partial charge on any atom is 0.144 e. The predicted octanol–water partition coefficient (Wildman–Crippen LogP) is 3.30. The van der Waals surface area contributed by atoms with Crippen LogP contribution in [0.4, 0.5) is 5.82 Å². The summed E-state index contributed by atoms with van der Waals surface area (Å²) in [6, 6.07) is 0. The Bertz CT molecular complexity index is 417. The molecule has 2 heterocycles. The molecule has 0 aliphatic carbocycles. The third kappa shape index (κ3) is 2.83. The molecule has 0 unspecified atom stereocenters. The first-order valence-corrected chi connectivity index (χ1v) is 7.25. The van der Waals surface area contributed by atoms with Crippen molar-refractivity contribution in [3.8, 4) is 0 Å². The minimum Gasteiger partial charge on any atom is -0.381 e. The van der Waals surface area contributed by atoms with E-state index in [4.69, 9.17) is 9.72 Å². The number of ether oxygens (including phenoxy) is 1. The number of nitrogens with zero attached hydrogens (tertiary/aromatic N) is 2. The van der Waals surface area contributed by atoms with Gasteiger partial charge in [0.1, 0.15) is 11.6 Å². The fourth-order valence-electron chi connectivity index (χ4n) is 2.17. The largest absolute Gasteiger partial charge is 0.381 e. The zero-order valence-electron chi connectivity index (χ0n) is 11.2. The summed E-state index contributed by atoms with van der Waals surface area (Å²) in [4.78, 5) is 9.38. The van der Waals surface area contributed by atoms with Crippen LogP contribution in [0.2, 0.25) is 0 Å². The quantitative estimate of drug-likeness (QED) is 0.930. The molecule has 1 fully saturated rings. The Kier molecular flexibility index (Phi) is 4.56. The summed E-state index contributed by atoms with van der Waals surface area (Å²) in [5.41, 5.74) is 1.08. The lowest BCUT2D eigenvalue weighted by Gasteiger charge is -2.22. The van der Waals surface area contributed by atoms with Crippen LogP contribution in [0.3, 0.4) is 0 Å². The molecule has 5 heteroatoms. The van der Waals surface area contributed by atoms with E-state index in [1.807, 2.05) is 7.05 Å². The molecule has 0 aromatic carbocycles. The van der Waals surface area contributed by atoms with Crippen LogP contribution in [0, 0.1) is 0 Å². The van der Waals surface area contributed by atoms with Crippen molar-refractivity contribution < 1.29 is 4.74 Å². The van der Waals surface area contributed by atoms with Crippen LogP contribution in [0.15, 0.2) is 4.47 Å². The molecule has 0 radical (unpaired) electrons. The summed E-state index contributed by atoms with van der Waals surface area (Å²) in [5, 5.41) is 3.14. The van der Waals surface area contributed by atoms with Crippen LogP contribution in [0.5, 0.6) is 0 Å². The highest BCUT2D eigenvalue weighted by atomic mass is 79.9. The van der Waals surface area contributed by atoms with Crippen molar-refractivity contribution >= 4 is 21.7 Å². The van der Waals surface area contributed by atoms with Crippen molar-refractivity contribution in [3.63, 3.8) is 0 Å². The molecule has 0 amide bonds. The number of anilines is 1. The van der Waals surface area contributed by atoms with Crippen LogP contribution in [-0.4, -0.2) is 30.2 Å². The second kappa shape index (κ2) is 5.97. The predicted molar refractivity (Wildman–Crippen MR) is 76.2 cm³/mol. The van der Waals surface area contributed by atoms with Crippen LogP contribution >= 0.6 is 15.9 Å². The fraction of sp³-hybridized carbons (Fsp3) is 0.692. The van der Waals surface area contributed by atoms with E-state index >= 15 is 0 Å². The van der Waals surface area contributed by atoms with Crippen molar-refractivity contribution in [2.24, 2.45) is 0 Å². The normalized spacial score (nSPS) is 17.2. The molecule has 1 aliphatic heterocycles. The molecule has 4 nitrogen and oxygen atoms in total. The zero-order valence-corrected chi connectivity index (χ0v) is 12.7. The molecular weight excluding hydrogens is 294 g/mol. The minimum atomic E-state index is 0.382. The van der Waals surface area contributed by atoms with Crippen molar-refractivity contribution in [3.05, 3.63) is 16.0 Å². The van der Waals surface area contributed by atoms with Gasteiger partial charge in [0.2, 0.25) is 0 Å². The maximum absolute atomic E-state index is 5.40. The number of hydrogen-bond acceptors (Lipinski definition) is 4. The van der Waals surface area contributed by atoms with E-state index in [1.54, 1.807) is 0 Å². The SMILES string of the molecule is CNc1nc(C2CCOCC2)nc(C(C)C)c1Br. The Labute approximate surface area is 117 Å². The van der Waals surface area contributed by atoms with Crippen LogP contribution in [0.1, 0.15) is 50.0 Å². The van der Waals surface area contributed by atoms with Gasteiger partial charge in [0, 0.05) is 26.2 Å². The number of halogens is 1. The topological polar surface area (TPSA) is 47.0 Å². The summed E-state index contributed by atoms with van der Waals surface area (Å²) in [7, 11) is 1.89. The van der Waals surface area contributed by atoms with Gasteiger partial charge < -0.3 is 10.1 Å². The van der Waals surface area contributed by atoms with Crippen molar-refractivity contribution in [2.45, 2.75) is 38.5 Å². The molecule has 0 saturated carbocycles. The summed E-state index contributed by atoms with van der Waals surface area (Å²) in [5.74, 6) is 2.65. The summed E-state index contributed by atoms with van der Waals surface area (Å²) in [6.45, 7) is 5.94.